The summed E-state index contributed by atoms with van der Waals surface area (Å²) in [7, 11) is 0. The lowest BCUT2D eigenvalue weighted by atomic mass is 9.84. The summed E-state index contributed by atoms with van der Waals surface area (Å²) in [5.74, 6) is 1.13. The maximum atomic E-state index is 13.0. The van der Waals surface area contributed by atoms with Gasteiger partial charge >= 0.3 is 12.2 Å². The SMILES string of the molecule is CC(C)(C)OC(=O)N(CCCCCCSC(c1ccccc1)(c1ccccc1)c1ccccc1)CCNC(=O)Oc1ccc([N+](=O)[O-])cc1. The van der Waals surface area contributed by atoms with E-state index in [1.807, 2.05) is 32.5 Å². The van der Waals surface area contributed by atoms with Crippen molar-refractivity contribution in [3.63, 3.8) is 0 Å². The Morgan fingerprint density at radius 3 is 1.73 bits per heavy atom. The zero-order valence-corrected chi connectivity index (χ0v) is 29.2. The second-order valence-electron chi connectivity index (χ2n) is 12.6. The summed E-state index contributed by atoms with van der Waals surface area (Å²) in [6.07, 6.45) is 2.59. The van der Waals surface area contributed by atoms with Crippen LogP contribution in [0.5, 0.6) is 5.75 Å². The van der Waals surface area contributed by atoms with Gasteiger partial charge < -0.3 is 19.7 Å². The number of carbonyl (C=O) groups is 2. The number of hydrogen-bond acceptors (Lipinski definition) is 7. The first-order valence-electron chi connectivity index (χ1n) is 16.6. The van der Waals surface area contributed by atoms with Crippen molar-refractivity contribution in [2.24, 2.45) is 0 Å². The van der Waals surface area contributed by atoms with E-state index in [1.165, 1.54) is 41.0 Å². The van der Waals surface area contributed by atoms with Gasteiger partial charge in [-0.3, -0.25) is 10.1 Å². The molecule has 0 saturated heterocycles. The predicted octanol–water partition coefficient (Wildman–Crippen LogP) is 9.21. The number of carbonyl (C=O) groups excluding carboxylic acids is 2. The number of rotatable bonds is 16. The lowest BCUT2D eigenvalue weighted by Gasteiger charge is -2.35. The lowest BCUT2D eigenvalue weighted by molar-refractivity contribution is -0.384. The Balaban J connectivity index is 1.30. The monoisotopic (exact) mass is 683 g/mol. The highest BCUT2D eigenvalue weighted by Crippen LogP contribution is 2.48. The first-order valence-corrected chi connectivity index (χ1v) is 17.6. The van der Waals surface area contributed by atoms with Gasteiger partial charge in [0.05, 0.1) is 9.67 Å². The molecule has 0 heterocycles. The van der Waals surface area contributed by atoms with Crippen LogP contribution in [-0.4, -0.2) is 53.0 Å². The van der Waals surface area contributed by atoms with Crippen molar-refractivity contribution in [1.82, 2.24) is 10.2 Å². The van der Waals surface area contributed by atoms with Gasteiger partial charge in [-0.05, 0) is 68.2 Å². The molecule has 4 aromatic rings. The first kappa shape index (κ1) is 37.0. The molecule has 10 heteroatoms. The molecule has 0 aromatic heterocycles. The Kier molecular flexibility index (Phi) is 13.6. The number of hydrogen-bond donors (Lipinski definition) is 1. The summed E-state index contributed by atoms with van der Waals surface area (Å²) >= 11 is 1.95. The van der Waals surface area contributed by atoms with E-state index in [-0.39, 0.29) is 29.3 Å². The van der Waals surface area contributed by atoms with E-state index in [0.717, 1.165) is 31.4 Å². The molecule has 49 heavy (non-hydrogen) atoms. The van der Waals surface area contributed by atoms with Crippen LogP contribution in [-0.2, 0) is 9.48 Å². The molecule has 0 aliphatic rings. The maximum Gasteiger partial charge on any atom is 0.412 e. The van der Waals surface area contributed by atoms with E-state index in [1.54, 1.807) is 4.90 Å². The van der Waals surface area contributed by atoms with Crippen molar-refractivity contribution < 1.29 is 24.0 Å². The van der Waals surface area contributed by atoms with E-state index in [4.69, 9.17) is 9.47 Å². The highest BCUT2D eigenvalue weighted by Gasteiger charge is 2.36. The number of non-ortho nitro benzene ring substituents is 1. The van der Waals surface area contributed by atoms with Crippen LogP contribution in [0.1, 0.15) is 63.1 Å². The molecular formula is C39H45N3O6S. The third-order valence-corrected chi connectivity index (χ3v) is 9.38. The van der Waals surface area contributed by atoms with Crippen LogP contribution in [0.2, 0.25) is 0 Å². The smallest absolute Gasteiger partial charge is 0.412 e. The largest absolute Gasteiger partial charge is 0.444 e. The van der Waals surface area contributed by atoms with Crippen molar-refractivity contribution in [2.45, 2.75) is 56.8 Å². The second kappa shape index (κ2) is 18.1. The average molecular weight is 684 g/mol. The van der Waals surface area contributed by atoms with Crippen molar-refractivity contribution >= 4 is 29.6 Å². The molecule has 0 aliphatic carbocycles. The number of nitrogens with zero attached hydrogens (tertiary/aromatic N) is 2. The Morgan fingerprint density at radius 2 is 1.24 bits per heavy atom. The van der Waals surface area contributed by atoms with Crippen molar-refractivity contribution in [1.29, 1.82) is 0 Å². The number of nitro benzene ring substituents is 1. The van der Waals surface area contributed by atoms with Crippen LogP contribution in [0.25, 0.3) is 0 Å². The number of ether oxygens (including phenoxy) is 2. The summed E-state index contributed by atoms with van der Waals surface area (Å²) in [6.45, 7) is 6.35. The summed E-state index contributed by atoms with van der Waals surface area (Å²) in [5, 5.41) is 13.5. The fourth-order valence-electron chi connectivity index (χ4n) is 5.44. The molecule has 1 N–H and O–H groups in total. The highest BCUT2D eigenvalue weighted by molar-refractivity contribution is 8.00. The average Bonchev–Trinajstić information content (AvgIpc) is 3.09. The fourth-order valence-corrected chi connectivity index (χ4v) is 7.01. The zero-order valence-electron chi connectivity index (χ0n) is 28.4. The van der Waals surface area contributed by atoms with E-state index >= 15 is 0 Å². The number of thioether (sulfide) groups is 1. The Morgan fingerprint density at radius 1 is 0.735 bits per heavy atom. The maximum absolute atomic E-state index is 13.0. The predicted molar refractivity (Wildman–Crippen MR) is 195 cm³/mol. The van der Waals surface area contributed by atoms with Gasteiger partial charge in [0.25, 0.3) is 5.69 Å². The van der Waals surface area contributed by atoms with Crippen molar-refractivity contribution in [3.05, 3.63) is 142 Å². The van der Waals surface area contributed by atoms with E-state index in [0.29, 0.717) is 6.54 Å². The minimum atomic E-state index is -0.715. The zero-order chi connectivity index (χ0) is 35.1. The van der Waals surface area contributed by atoms with Crippen LogP contribution in [0.15, 0.2) is 115 Å². The van der Waals surface area contributed by atoms with Gasteiger partial charge in [-0.15, -0.1) is 11.8 Å². The molecule has 4 aromatic carbocycles. The van der Waals surface area contributed by atoms with Crippen LogP contribution >= 0.6 is 11.8 Å². The fraction of sp³-hybridized carbons (Fsp3) is 0.333. The third-order valence-electron chi connectivity index (χ3n) is 7.74. The minimum Gasteiger partial charge on any atom is -0.444 e. The first-order chi connectivity index (χ1) is 23.6. The Bertz CT molecular complexity index is 1520. The number of nitrogens with one attached hydrogen (secondary N) is 1. The van der Waals surface area contributed by atoms with Gasteiger partial charge in [0.2, 0.25) is 0 Å². The molecule has 0 atom stereocenters. The molecule has 0 unspecified atom stereocenters. The molecule has 9 nitrogen and oxygen atoms in total. The summed E-state index contributed by atoms with van der Waals surface area (Å²) < 4.78 is 10.5. The molecule has 4 rings (SSSR count). The third kappa shape index (κ3) is 11.1. The standard InChI is InChI=1S/C39H45N3O6S/c1-38(2,3)48-37(44)41(29-27-40-36(43)47-35-25-23-34(24-26-35)42(45)46)28-15-4-5-16-30-49-39(31-17-9-6-10-18-31,32-19-11-7-12-20-32)33-21-13-8-14-22-33/h6-14,17-26H,4-5,15-16,27-30H2,1-3H3,(H,40,43). The minimum absolute atomic E-state index is 0.0980. The van der Waals surface area contributed by atoms with Gasteiger partial charge in [0.1, 0.15) is 11.4 Å². The topological polar surface area (TPSA) is 111 Å². The van der Waals surface area contributed by atoms with Crippen LogP contribution in [0.4, 0.5) is 15.3 Å². The Labute approximate surface area is 293 Å². The molecule has 0 aliphatic heterocycles. The summed E-state index contributed by atoms with van der Waals surface area (Å²) in [4.78, 5) is 37.2. The molecule has 0 radical (unpaired) electrons. The van der Waals surface area contributed by atoms with Gasteiger partial charge in [-0.1, -0.05) is 104 Å². The molecule has 0 saturated carbocycles. The van der Waals surface area contributed by atoms with Gasteiger partial charge in [-0.25, -0.2) is 9.59 Å². The van der Waals surface area contributed by atoms with Crippen LogP contribution in [0, 0.1) is 10.1 Å². The van der Waals surface area contributed by atoms with Gasteiger partial charge in [-0.2, -0.15) is 0 Å². The number of benzene rings is 4. The van der Waals surface area contributed by atoms with Crippen molar-refractivity contribution in [2.75, 3.05) is 25.4 Å². The normalized spacial score (nSPS) is 11.4. The van der Waals surface area contributed by atoms with Gasteiger partial charge in [0.15, 0.2) is 0 Å². The van der Waals surface area contributed by atoms with Gasteiger partial charge in [0, 0.05) is 31.8 Å². The quantitative estimate of drug-likeness (QED) is 0.0543. The highest BCUT2D eigenvalue weighted by atomic mass is 32.2. The molecule has 0 spiro atoms. The van der Waals surface area contributed by atoms with Crippen molar-refractivity contribution in [3.8, 4) is 5.75 Å². The number of amides is 2. The number of nitro groups is 1. The molecule has 0 fully saturated rings. The van der Waals surface area contributed by atoms with Crippen LogP contribution < -0.4 is 10.1 Å². The van der Waals surface area contributed by atoms with E-state index in [2.05, 4.69) is 96.3 Å². The van der Waals surface area contributed by atoms with E-state index < -0.39 is 22.7 Å². The second-order valence-corrected chi connectivity index (χ2v) is 13.9. The molecule has 2 amide bonds. The summed E-state index contributed by atoms with van der Waals surface area (Å²) in [5.41, 5.74) is 2.98. The molecule has 0 bridgehead atoms. The summed E-state index contributed by atoms with van der Waals surface area (Å²) in [6, 6.07) is 37.3. The molecule has 258 valence electrons. The lowest BCUT2D eigenvalue weighted by Crippen LogP contribution is -2.42. The Hall–Kier alpha value is -4.83. The van der Waals surface area contributed by atoms with Crippen LogP contribution in [0.3, 0.4) is 0 Å². The number of unbranched alkanes of at least 4 members (excludes halogenated alkanes) is 3. The molecular weight excluding hydrogens is 639 g/mol. The van der Waals surface area contributed by atoms with E-state index in [9.17, 15) is 19.7 Å².